The van der Waals surface area contributed by atoms with E-state index < -0.39 is 0 Å². The summed E-state index contributed by atoms with van der Waals surface area (Å²) in [5.41, 5.74) is 5.59. The molecule has 0 saturated carbocycles. The summed E-state index contributed by atoms with van der Waals surface area (Å²) in [7, 11) is 0. The van der Waals surface area contributed by atoms with Gasteiger partial charge < -0.3 is 15.8 Å². The van der Waals surface area contributed by atoms with E-state index in [1.807, 2.05) is 13.8 Å². The highest BCUT2D eigenvalue weighted by Crippen LogP contribution is 1.82. The van der Waals surface area contributed by atoms with Crippen LogP contribution in [0.4, 0.5) is 0 Å². The third kappa shape index (κ3) is 6.12. The Hall–Kier alpha value is -0.610. The Morgan fingerprint density at radius 2 is 2.25 bits per heavy atom. The van der Waals surface area contributed by atoms with Crippen LogP contribution >= 0.6 is 0 Å². The second kappa shape index (κ2) is 7.06. The number of rotatable bonds is 6. The number of nitrogens with two attached hydrogens (primary N) is 1. The maximum atomic E-state index is 10.9. The van der Waals surface area contributed by atoms with Crippen molar-refractivity contribution in [1.82, 2.24) is 5.32 Å². The molecule has 1 atom stereocenters. The minimum atomic E-state index is -0.0965. The van der Waals surface area contributed by atoms with Crippen LogP contribution in [0.25, 0.3) is 0 Å². The van der Waals surface area contributed by atoms with Gasteiger partial charge in [0.25, 0.3) is 0 Å². The zero-order chi connectivity index (χ0) is 9.40. The third-order valence-electron chi connectivity index (χ3n) is 1.52. The van der Waals surface area contributed by atoms with Crippen LogP contribution in [0, 0.1) is 0 Å². The Morgan fingerprint density at radius 1 is 1.58 bits per heavy atom. The Balaban J connectivity index is 3.31. The van der Waals surface area contributed by atoms with Crippen LogP contribution in [0.3, 0.4) is 0 Å². The van der Waals surface area contributed by atoms with E-state index in [0.717, 1.165) is 6.42 Å². The zero-order valence-corrected chi connectivity index (χ0v) is 7.80. The lowest BCUT2D eigenvalue weighted by Crippen LogP contribution is -2.38. The molecular formula is C8H18N2O2. The van der Waals surface area contributed by atoms with Gasteiger partial charge in [0, 0.05) is 19.2 Å². The van der Waals surface area contributed by atoms with E-state index in [1.165, 1.54) is 0 Å². The van der Waals surface area contributed by atoms with Crippen molar-refractivity contribution in [3.8, 4) is 0 Å². The SMILES string of the molecule is CCOCC(=O)NCC(N)CC. The molecule has 0 aromatic carbocycles. The van der Waals surface area contributed by atoms with Crippen molar-refractivity contribution in [3.05, 3.63) is 0 Å². The van der Waals surface area contributed by atoms with E-state index in [1.54, 1.807) is 0 Å². The van der Waals surface area contributed by atoms with Gasteiger partial charge in [0.15, 0.2) is 0 Å². The lowest BCUT2D eigenvalue weighted by Gasteiger charge is -2.09. The highest BCUT2D eigenvalue weighted by Gasteiger charge is 2.02. The van der Waals surface area contributed by atoms with Gasteiger partial charge in [0.05, 0.1) is 0 Å². The van der Waals surface area contributed by atoms with Crippen molar-refractivity contribution < 1.29 is 9.53 Å². The maximum Gasteiger partial charge on any atom is 0.246 e. The van der Waals surface area contributed by atoms with E-state index in [9.17, 15) is 4.79 Å². The minimum Gasteiger partial charge on any atom is -0.372 e. The topological polar surface area (TPSA) is 64.3 Å². The molecule has 0 fully saturated rings. The molecule has 0 spiro atoms. The average Bonchev–Trinajstić information content (AvgIpc) is 2.10. The summed E-state index contributed by atoms with van der Waals surface area (Å²) < 4.78 is 4.91. The Morgan fingerprint density at radius 3 is 2.75 bits per heavy atom. The van der Waals surface area contributed by atoms with Gasteiger partial charge >= 0.3 is 0 Å². The highest BCUT2D eigenvalue weighted by molar-refractivity contribution is 5.77. The van der Waals surface area contributed by atoms with E-state index in [2.05, 4.69) is 5.32 Å². The molecule has 0 rings (SSSR count). The van der Waals surface area contributed by atoms with Gasteiger partial charge in [-0.2, -0.15) is 0 Å². The molecule has 0 bridgehead atoms. The Bertz CT molecular complexity index is 128. The van der Waals surface area contributed by atoms with E-state index in [-0.39, 0.29) is 18.6 Å². The molecule has 0 heterocycles. The molecule has 4 nitrogen and oxygen atoms in total. The quantitative estimate of drug-likeness (QED) is 0.590. The van der Waals surface area contributed by atoms with Crippen LogP contribution in [-0.4, -0.2) is 31.7 Å². The molecule has 4 heteroatoms. The van der Waals surface area contributed by atoms with Gasteiger partial charge in [-0.25, -0.2) is 0 Å². The summed E-state index contributed by atoms with van der Waals surface area (Å²) in [4.78, 5) is 10.9. The fourth-order valence-electron chi connectivity index (χ4n) is 0.635. The molecule has 3 N–H and O–H groups in total. The first-order chi connectivity index (χ1) is 5.70. The highest BCUT2D eigenvalue weighted by atomic mass is 16.5. The molecule has 0 saturated heterocycles. The van der Waals surface area contributed by atoms with E-state index >= 15 is 0 Å². The standard InChI is InChI=1S/C8H18N2O2/c1-3-7(9)5-10-8(11)6-12-4-2/h7H,3-6,9H2,1-2H3,(H,10,11). The second-order valence-electron chi connectivity index (χ2n) is 2.61. The predicted octanol–water partition coefficient (Wildman–Crippen LogP) is -0.124. The summed E-state index contributed by atoms with van der Waals surface area (Å²) in [6.45, 7) is 5.06. The van der Waals surface area contributed by atoms with E-state index in [4.69, 9.17) is 10.5 Å². The van der Waals surface area contributed by atoms with Crippen molar-refractivity contribution in [2.45, 2.75) is 26.3 Å². The number of nitrogens with one attached hydrogen (secondary N) is 1. The molecule has 1 unspecified atom stereocenters. The van der Waals surface area contributed by atoms with Crippen molar-refractivity contribution in [2.75, 3.05) is 19.8 Å². The van der Waals surface area contributed by atoms with Gasteiger partial charge in [0.2, 0.25) is 5.91 Å². The monoisotopic (exact) mass is 174 g/mol. The van der Waals surface area contributed by atoms with Crippen molar-refractivity contribution in [3.63, 3.8) is 0 Å². The molecular weight excluding hydrogens is 156 g/mol. The van der Waals surface area contributed by atoms with Crippen molar-refractivity contribution in [1.29, 1.82) is 0 Å². The number of hydrogen-bond donors (Lipinski definition) is 2. The van der Waals surface area contributed by atoms with Crippen LogP contribution in [0.2, 0.25) is 0 Å². The molecule has 0 aliphatic rings. The van der Waals surface area contributed by atoms with Crippen molar-refractivity contribution >= 4 is 5.91 Å². The fraction of sp³-hybridized carbons (Fsp3) is 0.875. The normalized spacial score (nSPS) is 12.6. The fourth-order valence-corrected chi connectivity index (χ4v) is 0.635. The zero-order valence-electron chi connectivity index (χ0n) is 7.80. The average molecular weight is 174 g/mol. The molecule has 0 aliphatic carbocycles. The third-order valence-corrected chi connectivity index (χ3v) is 1.52. The lowest BCUT2D eigenvalue weighted by atomic mass is 10.2. The van der Waals surface area contributed by atoms with Gasteiger partial charge in [0.1, 0.15) is 6.61 Å². The smallest absolute Gasteiger partial charge is 0.246 e. The second-order valence-corrected chi connectivity index (χ2v) is 2.61. The van der Waals surface area contributed by atoms with Crippen LogP contribution in [0.1, 0.15) is 20.3 Å². The van der Waals surface area contributed by atoms with Crippen LogP contribution < -0.4 is 11.1 Å². The van der Waals surface area contributed by atoms with Crippen molar-refractivity contribution in [2.24, 2.45) is 5.73 Å². The summed E-state index contributed by atoms with van der Waals surface area (Å²) in [6.07, 6.45) is 0.870. The maximum absolute atomic E-state index is 10.9. The first kappa shape index (κ1) is 11.4. The number of carbonyl (C=O) groups excluding carboxylic acids is 1. The molecule has 0 radical (unpaired) electrons. The summed E-state index contributed by atoms with van der Waals surface area (Å²) >= 11 is 0. The molecule has 1 amide bonds. The van der Waals surface area contributed by atoms with Crippen LogP contribution in [-0.2, 0) is 9.53 Å². The van der Waals surface area contributed by atoms with Crippen LogP contribution in [0.5, 0.6) is 0 Å². The molecule has 12 heavy (non-hydrogen) atoms. The lowest BCUT2D eigenvalue weighted by molar-refractivity contribution is -0.125. The molecule has 0 aromatic heterocycles. The number of amides is 1. The summed E-state index contributed by atoms with van der Waals surface area (Å²) in [5, 5.41) is 2.68. The number of hydrogen-bond acceptors (Lipinski definition) is 3. The van der Waals surface area contributed by atoms with Crippen LogP contribution in [0.15, 0.2) is 0 Å². The Kier molecular flexibility index (Phi) is 6.70. The Labute approximate surface area is 73.5 Å². The van der Waals surface area contributed by atoms with Gasteiger partial charge in [-0.1, -0.05) is 6.92 Å². The molecule has 0 aromatic rings. The van der Waals surface area contributed by atoms with Gasteiger partial charge in [-0.3, -0.25) is 4.79 Å². The number of carbonyl (C=O) groups is 1. The van der Waals surface area contributed by atoms with Gasteiger partial charge in [-0.15, -0.1) is 0 Å². The molecule has 72 valence electrons. The number of ether oxygens (including phenoxy) is 1. The van der Waals surface area contributed by atoms with Gasteiger partial charge in [-0.05, 0) is 13.3 Å². The minimum absolute atomic E-state index is 0.0515. The predicted molar refractivity (Wildman–Crippen MR) is 47.8 cm³/mol. The summed E-state index contributed by atoms with van der Waals surface area (Å²) in [5.74, 6) is -0.0965. The van der Waals surface area contributed by atoms with E-state index in [0.29, 0.717) is 13.2 Å². The first-order valence-electron chi connectivity index (χ1n) is 4.30. The largest absolute Gasteiger partial charge is 0.372 e. The summed E-state index contributed by atoms with van der Waals surface area (Å²) in [6, 6.07) is 0.0515. The first-order valence-corrected chi connectivity index (χ1v) is 4.30. The molecule has 0 aliphatic heterocycles.